The standard InChI is InChI=1S/C7H4ClFN4O2S/c8-16(14,15)6-3-4(1-2-5(6)9)7-10-12-13-11-7/h1-3H,(H,10,11,12,13). The fourth-order valence-corrected chi connectivity index (χ4v) is 2.04. The van der Waals surface area contributed by atoms with Crippen molar-refractivity contribution in [3.8, 4) is 11.4 Å². The largest absolute Gasteiger partial charge is 0.264 e. The van der Waals surface area contributed by atoms with Gasteiger partial charge in [-0.1, -0.05) is 0 Å². The van der Waals surface area contributed by atoms with Gasteiger partial charge < -0.3 is 0 Å². The van der Waals surface area contributed by atoms with Gasteiger partial charge in [0.25, 0.3) is 9.05 Å². The van der Waals surface area contributed by atoms with E-state index in [1.807, 2.05) is 0 Å². The number of rotatable bonds is 2. The summed E-state index contributed by atoms with van der Waals surface area (Å²) in [4.78, 5) is -0.614. The molecule has 0 amide bonds. The van der Waals surface area contributed by atoms with Gasteiger partial charge >= 0.3 is 0 Å². The Hall–Kier alpha value is -1.54. The van der Waals surface area contributed by atoms with Crippen LogP contribution in [-0.2, 0) is 9.05 Å². The summed E-state index contributed by atoms with van der Waals surface area (Å²) in [6.45, 7) is 0. The molecule has 0 aliphatic rings. The predicted octanol–water partition coefficient (Wildman–Crippen LogP) is 0.933. The van der Waals surface area contributed by atoms with E-state index in [-0.39, 0.29) is 5.82 Å². The van der Waals surface area contributed by atoms with Crippen LogP contribution >= 0.6 is 10.7 Å². The number of H-pyrrole nitrogens is 1. The molecule has 9 heteroatoms. The van der Waals surface area contributed by atoms with Crippen LogP contribution in [0, 0.1) is 5.82 Å². The molecule has 0 bridgehead atoms. The first-order valence-corrected chi connectivity index (χ1v) is 6.27. The molecule has 0 aliphatic carbocycles. The minimum Gasteiger partial charge on any atom is -0.207 e. The molecule has 0 saturated heterocycles. The second-order valence-electron chi connectivity index (χ2n) is 2.82. The fraction of sp³-hybridized carbons (Fsp3) is 0. The molecule has 16 heavy (non-hydrogen) atoms. The van der Waals surface area contributed by atoms with E-state index in [0.29, 0.717) is 5.56 Å². The Morgan fingerprint density at radius 2 is 2.12 bits per heavy atom. The average molecular weight is 263 g/mol. The van der Waals surface area contributed by atoms with Crippen LogP contribution in [0.1, 0.15) is 0 Å². The Balaban J connectivity index is 2.61. The monoisotopic (exact) mass is 262 g/mol. The Kier molecular flexibility index (Phi) is 2.60. The topological polar surface area (TPSA) is 88.6 Å². The van der Waals surface area contributed by atoms with Crippen molar-refractivity contribution >= 4 is 19.7 Å². The highest BCUT2D eigenvalue weighted by molar-refractivity contribution is 8.13. The summed E-state index contributed by atoms with van der Waals surface area (Å²) in [6, 6.07) is 3.34. The summed E-state index contributed by atoms with van der Waals surface area (Å²) in [5, 5.41) is 12.8. The Morgan fingerprint density at radius 1 is 1.38 bits per heavy atom. The molecule has 0 unspecified atom stereocenters. The fourth-order valence-electron chi connectivity index (χ4n) is 1.11. The summed E-state index contributed by atoms with van der Waals surface area (Å²) in [7, 11) is 0.929. The van der Waals surface area contributed by atoms with E-state index in [1.165, 1.54) is 6.07 Å². The molecule has 84 valence electrons. The van der Waals surface area contributed by atoms with Crippen molar-refractivity contribution in [3.63, 3.8) is 0 Å². The summed E-state index contributed by atoms with van der Waals surface area (Å²) in [5.74, 6) is -0.774. The van der Waals surface area contributed by atoms with Crippen molar-refractivity contribution in [1.29, 1.82) is 0 Å². The van der Waals surface area contributed by atoms with E-state index in [9.17, 15) is 12.8 Å². The van der Waals surface area contributed by atoms with E-state index in [0.717, 1.165) is 12.1 Å². The van der Waals surface area contributed by atoms with Gasteiger partial charge in [-0.15, -0.1) is 10.2 Å². The summed E-state index contributed by atoms with van der Waals surface area (Å²) >= 11 is 0. The zero-order valence-electron chi connectivity index (χ0n) is 7.55. The Bertz CT molecular complexity index is 613. The zero-order valence-corrected chi connectivity index (χ0v) is 9.13. The number of aromatic nitrogens is 4. The highest BCUT2D eigenvalue weighted by atomic mass is 35.7. The quantitative estimate of drug-likeness (QED) is 0.814. The van der Waals surface area contributed by atoms with Crippen LogP contribution in [0.3, 0.4) is 0 Å². The molecule has 0 fully saturated rings. The lowest BCUT2D eigenvalue weighted by Gasteiger charge is -2.00. The molecular weight excluding hydrogens is 259 g/mol. The zero-order chi connectivity index (χ0) is 11.8. The molecule has 1 N–H and O–H groups in total. The number of tetrazole rings is 1. The van der Waals surface area contributed by atoms with E-state index in [1.54, 1.807) is 0 Å². The van der Waals surface area contributed by atoms with Gasteiger partial charge in [0.15, 0.2) is 0 Å². The lowest BCUT2D eigenvalue weighted by molar-refractivity contribution is 0.576. The molecule has 0 atom stereocenters. The Morgan fingerprint density at radius 3 is 2.69 bits per heavy atom. The van der Waals surface area contributed by atoms with Crippen LogP contribution in [0.4, 0.5) is 4.39 Å². The molecule has 6 nitrogen and oxygen atoms in total. The van der Waals surface area contributed by atoms with Crippen molar-refractivity contribution in [2.45, 2.75) is 4.90 Å². The van der Waals surface area contributed by atoms with Gasteiger partial charge in [-0.2, -0.15) is 5.21 Å². The molecule has 2 aromatic rings. The van der Waals surface area contributed by atoms with Crippen LogP contribution < -0.4 is 0 Å². The van der Waals surface area contributed by atoms with Gasteiger partial charge in [0, 0.05) is 16.2 Å². The smallest absolute Gasteiger partial charge is 0.207 e. The first-order chi connectivity index (χ1) is 7.48. The molecule has 1 aromatic carbocycles. The number of nitrogens with one attached hydrogen (secondary N) is 1. The lowest BCUT2D eigenvalue weighted by Crippen LogP contribution is -1.96. The maximum Gasteiger partial charge on any atom is 0.264 e. The Labute approximate surface area is 93.9 Å². The number of hydrogen-bond acceptors (Lipinski definition) is 5. The molecule has 2 rings (SSSR count). The molecule has 0 saturated carbocycles. The first-order valence-electron chi connectivity index (χ1n) is 3.96. The van der Waals surface area contributed by atoms with Gasteiger partial charge in [-0.05, 0) is 23.4 Å². The van der Waals surface area contributed by atoms with Crippen molar-refractivity contribution < 1.29 is 12.8 Å². The highest BCUT2D eigenvalue weighted by Crippen LogP contribution is 2.24. The van der Waals surface area contributed by atoms with Gasteiger partial charge in [0.05, 0.1) is 0 Å². The van der Waals surface area contributed by atoms with Crippen molar-refractivity contribution in [2.24, 2.45) is 0 Å². The molecule has 0 radical (unpaired) electrons. The molecule has 1 aromatic heterocycles. The van der Waals surface area contributed by atoms with E-state index < -0.39 is 19.8 Å². The third kappa shape index (κ3) is 2.02. The SMILES string of the molecule is O=S(=O)(Cl)c1cc(-c2nn[nH]n2)ccc1F. The predicted molar refractivity (Wildman–Crippen MR) is 52.6 cm³/mol. The molecule has 1 heterocycles. The summed E-state index contributed by atoms with van der Waals surface area (Å²) in [5.41, 5.74) is 0.300. The van der Waals surface area contributed by atoms with E-state index in [2.05, 4.69) is 20.6 Å². The summed E-state index contributed by atoms with van der Waals surface area (Å²) in [6.07, 6.45) is 0. The number of aromatic amines is 1. The minimum absolute atomic E-state index is 0.154. The third-order valence-corrected chi connectivity index (χ3v) is 3.13. The van der Waals surface area contributed by atoms with Crippen molar-refractivity contribution in [3.05, 3.63) is 24.0 Å². The van der Waals surface area contributed by atoms with Gasteiger partial charge in [-0.25, -0.2) is 12.8 Å². The van der Waals surface area contributed by atoms with Crippen LogP contribution in [0.15, 0.2) is 23.1 Å². The van der Waals surface area contributed by atoms with Crippen LogP contribution in [0.25, 0.3) is 11.4 Å². The lowest BCUT2D eigenvalue weighted by atomic mass is 10.2. The number of nitrogens with zero attached hydrogens (tertiary/aromatic N) is 3. The highest BCUT2D eigenvalue weighted by Gasteiger charge is 2.18. The molecule has 0 aliphatic heterocycles. The third-order valence-electron chi connectivity index (χ3n) is 1.80. The second-order valence-corrected chi connectivity index (χ2v) is 5.35. The maximum absolute atomic E-state index is 13.2. The minimum atomic E-state index is -4.14. The van der Waals surface area contributed by atoms with Crippen LogP contribution in [0.2, 0.25) is 0 Å². The molecular formula is C7H4ClFN4O2S. The van der Waals surface area contributed by atoms with Crippen LogP contribution in [-0.4, -0.2) is 29.0 Å². The normalized spacial score (nSPS) is 11.6. The number of hydrogen-bond donors (Lipinski definition) is 1. The van der Waals surface area contributed by atoms with Crippen LogP contribution in [0.5, 0.6) is 0 Å². The van der Waals surface area contributed by atoms with Crippen molar-refractivity contribution in [2.75, 3.05) is 0 Å². The van der Waals surface area contributed by atoms with E-state index >= 15 is 0 Å². The van der Waals surface area contributed by atoms with E-state index in [4.69, 9.17) is 10.7 Å². The van der Waals surface area contributed by atoms with Gasteiger partial charge in [-0.3, -0.25) is 0 Å². The maximum atomic E-state index is 13.2. The van der Waals surface area contributed by atoms with Crippen molar-refractivity contribution in [1.82, 2.24) is 20.6 Å². The number of halogens is 2. The average Bonchev–Trinajstić information content (AvgIpc) is 2.69. The molecule has 0 spiro atoms. The van der Waals surface area contributed by atoms with Gasteiger partial charge in [0.2, 0.25) is 5.82 Å². The number of benzene rings is 1. The summed E-state index contributed by atoms with van der Waals surface area (Å²) < 4.78 is 35.3. The van der Waals surface area contributed by atoms with Gasteiger partial charge in [0.1, 0.15) is 10.7 Å². The second kappa shape index (κ2) is 3.80. The first kappa shape index (κ1) is 11.0.